The van der Waals surface area contributed by atoms with E-state index in [1.807, 2.05) is 0 Å². The van der Waals surface area contributed by atoms with Crippen LogP contribution >= 0.6 is 0 Å². The molecule has 1 amide bonds. The van der Waals surface area contributed by atoms with Crippen LogP contribution in [0.2, 0.25) is 0 Å². The first-order valence-electron chi connectivity index (χ1n) is 6.97. The summed E-state index contributed by atoms with van der Waals surface area (Å²) in [5.74, 6) is -0.120. The van der Waals surface area contributed by atoms with E-state index in [1.165, 1.54) is 10.6 Å². The number of anilines is 1. The highest BCUT2D eigenvalue weighted by Gasteiger charge is 2.26. The maximum absolute atomic E-state index is 12.1. The lowest BCUT2D eigenvalue weighted by molar-refractivity contribution is 0.0939. The Bertz CT molecular complexity index is 660. The molecule has 1 heterocycles. The zero-order chi connectivity index (χ0) is 15.8. The Kier molecular flexibility index (Phi) is 4.02. The summed E-state index contributed by atoms with van der Waals surface area (Å²) < 4.78 is 24.7. The number of nitrogens with zero attached hydrogens (tertiary/aromatic N) is 1. The number of hydrogen-bond acceptors (Lipinski definition) is 3. The van der Waals surface area contributed by atoms with Crippen LogP contribution < -0.4 is 9.62 Å². The van der Waals surface area contributed by atoms with Crippen LogP contribution in [0.3, 0.4) is 0 Å². The molecule has 0 saturated carbocycles. The van der Waals surface area contributed by atoms with Crippen molar-refractivity contribution < 1.29 is 13.2 Å². The lowest BCUT2D eigenvalue weighted by Crippen LogP contribution is -2.32. The van der Waals surface area contributed by atoms with Gasteiger partial charge in [0.05, 0.1) is 11.9 Å². The zero-order valence-corrected chi connectivity index (χ0v) is 13.8. The fraction of sp³-hybridized carbons (Fsp3) is 0.533. The van der Waals surface area contributed by atoms with Gasteiger partial charge >= 0.3 is 0 Å². The summed E-state index contributed by atoms with van der Waals surface area (Å²) in [6.07, 6.45) is 1.84. The van der Waals surface area contributed by atoms with Crippen molar-refractivity contribution in [3.63, 3.8) is 0 Å². The van der Waals surface area contributed by atoms with E-state index in [9.17, 15) is 13.2 Å². The van der Waals surface area contributed by atoms with Gasteiger partial charge in [-0.25, -0.2) is 8.42 Å². The molecule has 0 aromatic heterocycles. The first-order valence-corrected chi connectivity index (χ1v) is 8.82. The molecule has 0 unspecified atom stereocenters. The molecule has 5 nitrogen and oxygen atoms in total. The van der Waals surface area contributed by atoms with Crippen molar-refractivity contribution in [3.05, 3.63) is 29.3 Å². The molecule has 1 aliphatic heterocycles. The van der Waals surface area contributed by atoms with Gasteiger partial charge in [-0.15, -0.1) is 0 Å². The number of sulfonamides is 1. The molecule has 21 heavy (non-hydrogen) atoms. The third-order valence-electron chi connectivity index (χ3n) is 3.37. The summed E-state index contributed by atoms with van der Waals surface area (Å²) in [7, 11) is -3.25. The standard InChI is InChI=1S/C15H22N2O3S/c1-15(2,3)10-16-14(18)12-5-6-13-11(9-12)7-8-17(13)21(4,19)20/h5-6,9H,7-8,10H2,1-4H3,(H,16,18). The summed E-state index contributed by atoms with van der Waals surface area (Å²) in [4.78, 5) is 12.1. The number of carbonyl (C=O) groups is 1. The van der Waals surface area contributed by atoms with Crippen molar-refractivity contribution in [2.24, 2.45) is 5.41 Å². The van der Waals surface area contributed by atoms with Gasteiger partial charge in [0.25, 0.3) is 5.91 Å². The minimum Gasteiger partial charge on any atom is -0.352 e. The Morgan fingerprint density at radius 2 is 2.00 bits per heavy atom. The molecule has 0 bridgehead atoms. The number of fused-ring (bicyclic) bond motifs is 1. The van der Waals surface area contributed by atoms with Crippen LogP contribution in [0.4, 0.5) is 5.69 Å². The fourth-order valence-electron chi connectivity index (χ4n) is 2.30. The van der Waals surface area contributed by atoms with Crippen LogP contribution in [-0.4, -0.2) is 33.7 Å². The minimum atomic E-state index is -3.25. The van der Waals surface area contributed by atoms with Crippen molar-refractivity contribution >= 4 is 21.6 Å². The zero-order valence-electron chi connectivity index (χ0n) is 12.9. The minimum absolute atomic E-state index is 0.0273. The van der Waals surface area contributed by atoms with Crippen molar-refractivity contribution in [2.45, 2.75) is 27.2 Å². The molecule has 0 atom stereocenters. The molecule has 1 aliphatic rings. The largest absolute Gasteiger partial charge is 0.352 e. The van der Waals surface area contributed by atoms with Crippen LogP contribution in [0.1, 0.15) is 36.7 Å². The fourth-order valence-corrected chi connectivity index (χ4v) is 3.26. The van der Waals surface area contributed by atoms with E-state index in [0.29, 0.717) is 30.8 Å². The van der Waals surface area contributed by atoms with Gasteiger partial charge in [-0.3, -0.25) is 9.10 Å². The van der Waals surface area contributed by atoms with Gasteiger partial charge in [-0.05, 0) is 35.6 Å². The van der Waals surface area contributed by atoms with Gasteiger partial charge in [0.2, 0.25) is 10.0 Å². The molecular formula is C15H22N2O3S. The number of nitrogens with one attached hydrogen (secondary N) is 1. The molecule has 1 aromatic rings. The van der Waals surface area contributed by atoms with Crippen LogP contribution in [0.25, 0.3) is 0 Å². The quantitative estimate of drug-likeness (QED) is 0.925. The second kappa shape index (κ2) is 5.33. The lowest BCUT2D eigenvalue weighted by Gasteiger charge is -2.19. The summed E-state index contributed by atoms with van der Waals surface area (Å²) in [5.41, 5.74) is 2.20. The van der Waals surface area contributed by atoms with E-state index in [2.05, 4.69) is 26.1 Å². The van der Waals surface area contributed by atoms with Crippen LogP contribution in [0.15, 0.2) is 18.2 Å². The highest BCUT2D eigenvalue weighted by molar-refractivity contribution is 7.92. The van der Waals surface area contributed by atoms with E-state index in [1.54, 1.807) is 18.2 Å². The number of rotatable bonds is 3. The molecule has 0 radical (unpaired) electrons. The first kappa shape index (κ1) is 15.8. The van der Waals surface area contributed by atoms with Crippen LogP contribution in [0.5, 0.6) is 0 Å². The topological polar surface area (TPSA) is 66.5 Å². The third kappa shape index (κ3) is 3.75. The monoisotopic (exact) mass is 310 g/mol. The summed E-state index contributed by atoms with van der Waals surface area (Å²) in [6.45, 7) is 7.21. The van der Waals surface area contributed by atoms with Gasteiger partial charge in [0.1, 0.15) is 0 Å². The van der Waals surface area contributed by atoms with E-state index in [0.717, 1.165) is 5.56 Å². The lowest BCUT2D eigenvalue weighted by atomic mass is 9.97. The molecule has 0 aliphatic carbocycles. The third-order valence-corrected chi connectivity index (χ3v) is 4.55. The van der Waals surface area contributed by atoms with Crippen LogP contribution in [-0.2, 0) is 16.4 Å². The van der Waals surface area contributed by atoms with Gasteiger partial charge in [-0.2, -0.15) is 0 Å². The molecule has 0 fully saturated rings. The number of benzene rings is 1. The Labute approximate surface area is 126 Å². The van der Waals surface area contributed by atoms with Crippen molar-refractivity contribution in [1.82, 2.24) is 5.32 Å². The Hall–Kier alpha value is -1.56. The van der Waals surface area contributed by atoms with E-state index in [-0.39, 0.29) is 11.3 Å². The number of carbonyl (C=O) groups excluding carboxylic acids is 1. The molecular weight excluding hydrogens is 288 g/mol. The van der Waals surface area contributed by atoms with Crippen molar-refractivity contribution in [3.8, 4) is 0 Å². The molecule has 6 heteroatoms. The van der Waals surface area contributed by atoms with Gasteiger partial charge in [0.15, 0.2) is 0 Å². The average molecular weight is 310 g/mol. The normalized spacial score (nSPS) is 15.0. The van der Waals surface area contributed by atoms with Gasteiger partial charge in [0, 0.05) is 18.7 Å². The van der Waals surface area contributed by atoms with Crippen molar-refractivity contribution in [2.75, 3.05) is 23.7 Å². The number of amides is 1. The highest BCUT2D eigenvalue weighted by atomic mass is 32.2. The predicted octanol–water partition coefficient (Wildman–Crippen LogP) is 1.78. The summed E-state index contributed by atoms with van der Waals surface area (Å²) >= 11 is 0. The Balaban J connectivity index is 2.18. The maximum Gasteiger partial charge on any atom is 0.251 e. The highest BCUT2D eigenvalue weighted by Crippen LogP contribution is 2.30. The molecule has 1 N–H and O–H groups in total. The van der Waals surface area contributed by atoms with E-state index in [4.69, 9.17) is 0 Å². The maximum atomic E-state index is 12.1. The van der Waals surface area contributed by atoms with E-state index < -0.39 is 10.0 Å². The Morgan fingerprint density at radius 1 is 1.33 bits per heavy atom. The average Bonchev–Trinajstić information content (AvgIpc) is 2.77. The first-order chi connectivity index (χ1) is 9.58. The summed E-state index contributed by atoms with van der Waals surface area (Å²) in [6, 6.07) is 5.19. The molecule has 2 rings (SSSR count). The van der Waals surface area contributed by atoms with Crippen LogP contribution in [0, 0.1) is 5.41 Å². The molecule has 0 saturated heterocycles. The SMILES string of the molecule is CC(C)(C)CNC(=O)c1ccc2c(c1)CCN2S(C)(=O)=O. The molecule has 0 spiro atoms. The summed E-state index contributed by atoms with van der Waals surface area (Å²) in [5, 5.41) is 2.90. The molecule has 116 valence electrons. The number of hydrogen-bond donors (Lipinski definition) is 1. The smallest absolute Gasteiger partial charge is 0.251 e. The molecule has 1 aromatic carbocycles. The second-order valence-corrected chi connectivity index (χ2v) is 8.58. The van der Waals surface area contributed by atoms with Crippen molar-refractivity contribution in [1.29, 1.82) is 0 Å². The predicted molar refractivity (Wildman–Crippen MR) is 84.1 cm³/mol. The van der Waals surface area contributed by atoms with Gasteiger partial charge < -0.3 is 5.32 Å². The second-order valence-electron chi connectivity index (χ2n) is 6.67. The Morgan fingerprint density at radius 3 is 2.57 bits per heavy atom. The van der Waals surface area contributed by atoms with Gasteiger partial charge in [-0.1, -0.05) is 20.8 Å². The van der Waals surface area contributed by atoms with E-state index >= 15 is 0 Å².